The van der Waals surface area contributed by atoms with E-state index in [0.29, 0.717) is 12.1 Å². The van der Waals surface area contributed by atoms with E-state index < -0.39 is 0 Å². The molecule has 1 saturated carbocycles. The molecular formula is C25H39N5OS. The monoisotopic (exact) mass is 457 g/mol. The van der Waals surface area contributed by atoms with E-state index in [0.717, 1.165) is 24.5 Å². The van der Waals surface area contributed by atoms with E-state index in [9.17, 15) is 5.11 Å². The first kappa shape index (κ1) is 25.1. The molecule has 32 heavy (non-hydrogen) atoms. The van der Waals surface area contributed by atoms with E-state index >= 15 is 0 Å². The molecule has 2 fully saturated rings. The molecule has 2 N–H and O–H groups in total. The number of hydrogen-bond acceptors (Lipinski definition) is 7. The van der Waals surface area contributed by atoms with E-state index in [-0.39, 0.29) is 18.2 Å². The third-order valence-electron chi connectivity index (χ3n) is 6.67. The molecule has 1 saturated heterocycles. The minimum Gasteiger partial charge on any atom is -0.395 e. The van der Waals surface area contributed by atoms with Crippen LogP contribution >= 0.6 is 11.8 Å². The summed E-state index contributed by atoms with van der Waals surface area (Å²) in [6.45, 7) is 13.9. The van der Waals surface area contributed by atoms with Gasteiger partial charge in [-0.25, -0.2) is 0 Å². The van der Waals surface area contributed by atoms with Gasteiger partial charge in [0.25, 0.3) is 0 Å². The number of hydrogen-bond donors (Lipinski definition) is 2. The summed E-state index contributed by atoms with van der Waals surface area (Å²) >= 11 is 1.59. The first-order valence-corrected chi connectivity index (χ1v) is 12.7. The molecule has 6 nitrogen and oxygen atoms in total. The lowest BCUT2D eigenvalue weighted by atomic mass is 9.54. The summed E-state index contributed by atoms with van der Waals surface area (Å²) in [5.41, 5.74) is 2.14. The Hall–Kier alpha value is -1.51. The van der Waals surface area contributed by atoms with Crippen LogP contribution in [0.15, 0.2) is 51.4 Å². The molecule has 7 heteroatoms. The molecule has 0 radical (unpaired) electrons. The van der Waals surface area contributed by atoms with Crippen molar-refractivity contribution in [3.8, 4) is 0 Å². The van der Waals surface area contributed by atoms with Crippen LogP contribution in [0.1, 0.15) is 32.3 Å². The lowest BCUT2D eigenvalue weighted by molar-refractivity contribution is -0.115. The highest BCUT2D eigenvalue weighted by atomic mass is 32.2. The number of rotatable bonds is 13. The summed E-state index contributed by atoms with van der Waals surface area (Å²) in [5.74, 6) is 0. The molecule has 1 heterocycles. The summed E-state index contributed by atoms with van der Waals surface area (Å²) in [6.07, 6.45) is 8.03. The van der Waals surface area contributed by atoms with Gasteiger partial charge in [-0.15, -0.1) is 11.8 Å². The molecule has 3 rings (SSSR count). The van der Waals surface area contributed by atoms with Crippen LogP contribution < -0.4 is 5.32 Å². The average Bonchev–Trinajstić information content (AvgIpc) is 2.75. The fourth-order valence-corrected chi connectivity index (χ4v) is 5.68. The number of thioether (sulfide) groups is 1. The Morgan fingerprint density at radius 2 is 2.06 bits per heavy atom. The number of nitrogens with one attached hydrogen (secondary N) is 1. The van der Waals surface area contributed by atoms with Crippen molar-refractivity contribution in [1.82, 2.24) is 15.1 Å². The molecule has 1 aromatic rings. The summed E-state index contributed by atoms with van der Waals surface area (Å²) in [4.78, 5) is 14.1. The highest BCUT2D eigenvalue weighted by Crippen LogP contribution is 2.54. The molecule has 1 atom stereocenters. The maximum atomic E-state index is 9.64. The van der Waals surface area contributed by atoms with Gasteiger partial charge in [0.15, 0.2) is 0 Å². The van der Waals surface area contributed by atoms with E-state index in [2.05, 4.69) is 69.1 Å². The van der Waals surface area contributed by atoms with Gasteiger partial charge >= 0.3 is 0 Å². The Labute approximate surface area is 197 Å². The molecule has 176 valence electrons. The van der Waals surface area contributed by atoms with Gasteiger partial charge in [0.2, 0.25) is 0 Å². The van der Waals surface area contributed by atoms with Crippen molar-refractivity contribution in [2.24, 2.45) is 15.4 Å². The van der Waals surface area contributed by atoms with E-state index in [4.69, 9.17) is 0 Å². The first-order chi connectivity index (χ1) is 15.4. The van der Waals surface area contributed by atoms with Crippen LogP contribution in [0.5, 0.6) is 0 Å². The highest BCUT2D eigenvalue weighted by molar-refractivity contribution is 8.03. The van der Waals surface area contributed by atoms with Crippen LogP contribution in [0.3, 0.4) is 0 Å². The lowest BCUT2D eigenvalue weighted by Gasteiger charge is -2.64. The van der Waals surface area contributed by atoms with Crippen molar-refractivity contribution in [3.63, 3.8) is 0 Å². The molecular weight excluding hydrogens is 418 g/mol. The molecule has 1 aliphatic carbocycles. The standard InChI is InChI=1S/C25H39N5OS/c1-21(15-31)30(20-27-13-23(32-4)12-26-3)11-10-28-24(2)16-25(17-24)18-29(19-25)14-22-8-6-5-7-9-22/h5-9,12-13,21,28,31H,3,10-11,14-20H2,1-2,4H3/b23-12+,27-13-. The molecule has 1 unspecified atom stereocenters. The fraction of sp³-hybridized carbons (Fsp3) is 0.600. The van der Waals surface area contributed by atoms with E-state index in [1.807, 2.05) is 19.4 Å². The van der Waals surface area contributed by atoms with Gasteiger partial charge in [-0.2, -0.15) is 0 Å². The Balaban J connectivity index is 1.39. The first-order valence-electron chi connectivity index (χ1n) is 11.5. The minimum atomic E-state index is 0.0758. The fourth-order valence-electron chi connectivity index (χ4n) is 5.32. The smallest absolute Gasteiger partial charge is 0.0913 e. The Kier molecular flexibility index (Phi) is 9.08. The third kappa shape index (κ3) is 6.75. The van der Waals surface area contributed by atoms with Crippen LogP contribution in [-0.4, -0.2) is 85.1 Å². The van der Waals surface area contributed by atoms with Crippen molar-refractivity contribution in [3.05, 3.63) is 47.0 Å². The van der Waals surface area contributed by atoms with Gasteiger partial charge in [0.1, 0.15) is 0 Å². The number of allylic oxidation sites excluding steroid dienone is 1. The number of likely N-dealkylation sites (tertiary alicyclic amines) is 1. The van der Waals surface area contributed by atoms with Gasteiger partial charge in [0, 0.05) is 61.6 Å². The van der Waals surface area contributed by atoms with Crippen molar-refractivity contribution in [2.75, 3.05) is 45.7 Å². The molecule has 0 aromatic heterocycles. The zero-order valence-corrected chi connectivity index (χ0v) is 20.7. The zero-order chi connectivity index (χ0) is 23.0. The van der Waals surface area contributed by atoms with E-state index in [1.54, 1.807) is 18.0 Å². The molecule has 0 amide bonds. The second kappa shape index (κ2) is 11.6. The number of nitrogens with zero attached hydrogens (tertiary/aromatic N) is 4. The topological polar surface area (TPSA) is 63.5 Å². The van der Waals surface area contributed by atoms with Crippen molar-refractivity contribution < 1.29 is 5.11 Å². The maximum absolute atomic E-state index is 9.64. The third-order valence-corrected chi connectivity index (χ3v) is 7.35. The predicted octanol–water partition coefficient (Wildman–Crippen LogP) is 3.25. The van der Waals surface area contributed by atoms with Gasteiger partial charge in [-0.3, -0.25) is 19.8 Å². The van der Waals surface area contributed by atoms with Crippen LogP contribution in [0, 0.1) is 5.41 Å². The highest BCUT2D eigenvalue weighted by Gasteiger charge is 2.57. The molecule has 1 aliphatic heterocycles. The van der Waals surface area contributed by atoms with Crippen molar-refractivity contribution in [2.45, 2.75) is 44.8 Å². The lowest BCUT2D eigenvalue weighted by Crippen LogP contribution is -2.70. The summed E-state index contributed by atoms with van der Waals surface area (Å²) in [5, 5.41) is 13.4. The Morgan fingerprint density at radius 3 is 2.69 bits per heavy atom. The van der Waals surface area contributed by atoms with E-state index in [1.165, 1.54) is 31.5 Å². The van der Waals surface area contributed by atoms with Crippen LogP contribution in [0.2, 0.25) is 0 Å². The number of benzene rings is 1. The summed E-state index contributed by atoms with van der Waals surface area (Å²) in [6, 6.07) is 10.8. The van der Waals surface area contributed by atoms with Gasteiger partial charge < -0.3 is 10.4 Å². The minimum absolute atomic E-state index is 0.0758. The molecule has 1 spiro atoms. The second-order valence-electron chi connectivity index (χ2n) is 9.69. The average molecular weight is 458 g/mol. The number of aliphatic hydroxyl groups excluding tert-OH is 1. The normalized spacial score (nSPS) is 21.0. The number of aliphatic hydroxyl groups is 1. The SMILES string of the molecule is C=N/C=C(\C=N/CN(CCNC1(C)CC2(CN(Cc3ccccc3)C2)C1)C(C)CO)SC. The Morgan fingerprint density at radius 1 is 1.34 bits per heavy atom. The summed E-state index contributed by atoms with van der Waals surface area (Å²) in [7, 11) is 0. The maximum Gasteiger partial charge on any atom is 0.0913 e. The second-order valence-corrected chi connectivity index (χ2v) is 10.6. The van der Waals surface area contributed by atoms with Crippen molar-refractivity contribution in [1.29, 1.82) is 0 Å². The van der Waals surface area contributed by atoms with Gasteiger partial charge in [-0.05, 0) is 50.6 Å². The number of aliphatic imine (C=N–C) groups is 2. The molecule has 1 aromatic carbocycles. The molecule has 0 bridgehead atoms. The van der Waals surface area contributed by atoms with Gasteiger partial charge in [-0.1, -0.05) is 30.3 Å². The van der Waals surface area contributed by atoms with Crippen LogP contribution in [-0.2, 0) is 6.54 Å². The quantitative estimate of drug-likeness (QED) is 0.445. The van der Waals surface area contributed by atoms with Crippen LogP contribution in [0.25, 0.3) is 0 Å². The van der Waals surface area contributed by atoms with Crippen molar-refractivity contribution >= 4 is 24.7 Å². The largest absolute Gasteiger partial charge is 0.395 e. The molecule has 2 aliphatic rings. The zero-order valence-electron chi connectivity index (χ0n) is 19.8. The predicted molar refractivity (Wildman–Crippen MR) is 138 cm³/mol. The van der Waals surface area contributed by atoms with Gasteiger partial charge in [0.05, 0.1) is 13.3 Å². The Bertz CT molecular complexity index is 783. The van der Waals surface area contributed by atoms with Crippen LogP contribution in [0.4, 0.5) is 0 Å². The summed E-state index contributed by atoms with van der Waals surface area (Å²) < 4.78 is 0.